The molecule has 0 saturated heterocycles. The van der Waals surface area contributed by atoms with Crippen LogP contribution in [0, 0.1) is 5.82 Å². The lowest BCUT2D eigenvalue weighted by Gasteiger charge is -2.14. The average molecular weight is 386 g/mol. The topological polar surface area (TPSA) is 64.6 Å². The molecule has 0 aliphatic carbocycles. The van der Waals surface area contributed by atoms with Crippen LogP contribution in [-0.4, -0.2) is 24.6 Å². The summed E-state index contributed by atoms with van der Waals surface area (Å²) in [5, 5.41) is 3.02. The van der Waals surface area contributed by atoms with Crippen LogP contribution >= 0.6 is 23.2 Å². The third-order valence-electron chi connectivity index (χ3n) is 3.01. The molecule has 2 aromatic carbocycles. The summed E-state index contributed by atoms with van der Waals surface area (Å²) >= 11 is 11.4. The van der Waals surface area contributed by atoms with E-state index in [0.717, 1.165) is 6.07 Å². The van der Waals surface area contributed by atoms with Crippen molar-refractivity contribution >= 4 is 40.8 Å². The van der Waals surface area contributed by atoms with Gasteiger partial charge in [-0.15, -0.1) is 0 Å². The van der Waals surface area contributed by atoms with Gasteiger partial charge in [0.1, 0.15) is 11.6 Å². The van der Waals surface area contributed by atoms with Crippen molar-refractivity contribution in [2.24, 2.45) is 0 Å². The van der Waals surface area contributed by atoms with E-state index >= 15 is 0 Å². The van der Waals surface area contributed by atoms with Crippen LogP contribution in [0.15, 0.2) is 42.5 Å². The van der Waals surface area contributed by atoms with E-state index in [0.29, 0.717) is 10.8 Å². The third-order valence-corrected chi connectivity index (χ3v) is 3.50. The molecule has 1 N–H and O–H groups in total. The van der Waals surface area contributed by atoms with Crippen molar-refractivity contribution in [3.05, 3.63) is 58.3 Å². The average Bonchev–Trinajstić information content (AvgIpc) is 2.57. The molecule has 2 aromatic rings. The first-order chi connectivity index (χ1) is 11.8. The fourth-order valence-electron chi connectivity index (χ4n) is 1.80. The second kappa shape index (κ2) is 8.69. The number of nitrogens with one attached hydrogen (secondary N) is 1. The first-order valence-electron chi connectivity index (χ1n) is 7.19. The van der Waals surface area contributed by atoms with E-state index in [1.54, 1.807) is 24.3 Å². The van der Waals surface area contributed by atoms with Gasteiger partial charge in [-0.1, -0.05) is 23.2 Å². The normalized spacial score (nSPS) is 11.5. The molecule has 0 saturated carbocycles. The first-order valence-corrected chi connectivity index (χ1v) is 7.94. The van der Waals surface area contributed by atoms with Crippen LogP contribution < -0.4 is 10.1 Å². The fraction of sp³-hybridized carbons (Fsp3) is 0.176. The Bertz CT molecular complexity index is 768. The Morgan fingerprint density at radius 2 is 1.76 bits per heavy atom. The lowest BCUT2D eigenvalue weighted by molar-refractivity contribution is -0.153. The molecule has 0 aliphatic heterocycles. The van der Waals surface area contributed by atoms with Gasteiger partial charge in [0, 0.05) is 10.0 Å². The predicted molar refractivity (Wildman–Crippen MR) is 92.5 cm³/mol. The number of carbonyl (C=O) groups excluding carboxylic acids is 2. The number of ether oxygens (including phenoxy) is 2. The molecule has 1 amide bonds. The van der Waals surface area contributed by atoms with Crippen molar-refractivity contribution in [3.8, 4) is 5.75 Å². The molecular weight excluding hydrogens is 372 g/mol. The van der Waals surface area contributed by atoms with E-state index in [-0.39, 0.29) is 10.7 Å². The Morgan fingerprint density at radius 1 is 1.12 bits per heavy atom. The molecule has 0 spiro atoms. The molecule has 0 radical (unpaired) electrons. The second-order valence-corrected chi connectivity index (χ2v) is 5.87. The number of benzene rings is 2. The van der Waals surface area contributed by atoms with E-state index in [1.165, 1.54) is 19.1 Å². The summed E-state index contributed by atoms with van der Waals surface area (Å²) in [7, 11) is 0. The van der Waals surface area contributed by atoms with Gasteiger partial charge in [-0.05, 0) is 49.4 Å². The molecule has 0 unspecified atom stereocenters. The minimum absolute atomic E-state index is 0.0593. The molecule has 0 bridgehead atoms. The quantitative estimate of drug-likeness (QED) is 0.760. The van der Waals surface area contributed by atoms with Crippen LogP contribution in [0.1, 0.15) is 6.92 Å². The Balaban J connectivity index is 1.82. The molecule has 8 heteroatoms. The maximum Gasteiger partial charge on any atom is 0.347 e. The maximum atomic E-state index is 13.6. The molecule has 1 atom stereocenters. The highest BCUT2D eigenvalue weighted by Crippen LogP contribution is 2.19. The number of amides is 1. The van der Waals surface area contributed by atoms with Crippen molar-refractivity contribution in [1.29, 1.82) is 0 Å². The largest absolute Gasteiger partial charge is 0.479 e. The van der Waals surface area contributed by atoms with Gasteiger partial charge in [0.2, 0.25) is 0 Å². The fourth-order valence-corrected chi connectivity index (χ4v) is 2.08. The molecule has 25 heavy (non-hydrogen) atoms. The SMILES string of the molecule is C[C@H](Oc1ccc(Cl)cc1)C(=O)OCC(=O)Nc1ccc(Cl)cc1F. The Kier molecular flexibility index (Phi) is 6.61. The summed E-state index contributed by atoms with van der Waals surface area (Å²) in [6, 6.07) is 10.2. The number of hydrogen-bond donors (Lipinski definition) is 1. The highest BCUT2D eigenvalue weighted by Gasteiger charge is 2.18. The number of anilines is 1. The van der Waals surface area contributed by atoms with E-state index in [4.69, 9.17) is 32.7 Å². The Hall–Kier alpha value is -2.31. The molecule has 0 heterocycles. The standard InChI is InChI=1S/C17H14Cl2FNO4/c1-10(25-13-5-2-11(18)3-6-13)17(23)24-9-16(22)21-15-7-4-12(19)8-14(15)20/h2-8,10H,9H2,1H3,(H,21,22)/t10-/m0/s1. The molecule has 0 fully saturated rings. The van der Waals surface area contributed by atoms with Crippen molar-refractivity contribution in [1.82, 2.24) is 0 Å². The van der Waals surface area contributed by atoms with Crippen LogP contribution in [0.25, 0.3) is 0 Å². The number of halogens is 3. The molecule has 132 valence electrons. The molecule has 0 aliphatic rings. The summed E-state index contributed by atoms with van der Waals surface area (Å²) in [4.78, 5) is 23.6. The minimum Gasteiger partial charge on any atom is -0.479 e. The third kappa shape index (κ3) is 5.92. The van der Waals surface area contributed by atoms with E-state index in [2.05, 4.69) is 5.32 Å². The van der Waals surface area contributed by atoms with Crippen LogP contribution in [0.3, 0.4) is 0 Å². The highest BCUT2D eigenvalue weighted by molar-refractivity contribution is 6.30. The van der Waals surface area contributed by atoms with Gasteiger partial charge in [0.25, 0.3) is 5.91 Å². The van der Waals surface area contributed by atoms with Crippen molar-refractivity contribution in [2.45, 2.75) is 13.0 Å². The monoisotopic (exact) mass is 385 g/mol. The van der Waals surface area contributed by atoms with Gasteiger partial charge in [-0.3, -0.25) is 4.79 Å². The van der Waals surface area contributed by atoms with Gasteiger partial charge in [0.15, 0.2) is 12.7 Å². The summed E-state index contributed by atoms with van der Waals surface area (Å²) in [6.45, 7) is 0.906. The summed E-state index contributed by atoms with van der Waals surface area (Å²) in [6.07, 6.45) is -0.929. The zero-order valence-electron chi connectivity index (χ0n) is 13.1. The van der Waals surface area contributed by atoms with Crippen molar-refractivity contribution in [2.75, 3.05) is 11.9 Å². The van der Waals surface area contributed by atoms with E-state index in [1.807, 2.05) is 0 Å². The lowest BCUT2D eigenvalue weighted by Crippen LogP contribution is -2.29. The lowest BCUT2D eigenvalue weighted by atomic mass is 10.3. The second-order valence-electron chi connectivity index (χ2n) is 4.99. The van der Waals surface area contributed by atoms with Crippen LogP contribution in [-0.2, 0) is 14.3 Å². The Labute approximate surface area is 153 Å². The van der Waals surface area contributed by atoms with Gasteiger partial charge in [0.05, 0.1) is 5.69 Å². The number of rotatable bonds is 6. The van der Waals surface area contributed by atoms with Gasteiger partial charge in [-0.25, -0.2) is 9.18 Å². The highest BCUT2D eigenvalue weighted by atomic mass is 35.5. The van der Waals surface area contributed by atoms with Crippen molar-refractivity contribution < 1.29 is 23.5 Å². The van der Waals surface area contributed by atoms with Crippen LogP contribution in [0.2, 0.25) is 10.0 Å². The Morgan fingerprint density at radius 3 is 2.40 bits per heavy atom. The van der Waals surface area contributed by atoms with E-state index in [9.17, 15) is 14.0 Å². The first kappa shape index (κ1) is 19.0. The number of carbonyl (C=O) groups is 2. The zero-order valence-corrected chi connectivity index (χ0v) is 14.6. The van der Waals surface area contributed by atoms with Crippen LogP contribution in [0.4, 0.5) is 10.1 Å². The molecule has 5 nitrogen and oxygen atoms in total. The number of hydrogen-bond acceptors (Lipinski definition) is 4. The predicted octanol–water partition coefficient (Wildman–Crippen LogP) is 4.08. The van der Waals surface area contributed by atoms with Gasteiger partial charge in [-0.2, -0.15) is 0 Å². The maximum absolute atomic E-state index is 13.6. The van der Waals surface area contributed by atoms with Gasteiger partial charge < -0.3 is 14.8 Å². The minimum atomic E-state index is -0.929. The molecular formula is C17H14Cl2FNO4. The summed E-state index contributed by atoms with van der Waals surface area (Å²) < 4.78 is 23.8. The summed E-state index contributed by atoms with van der Waals surface area (Å²) in [5.41, 5.74) is -0.0593. The summed E-state index contributed by atoms with van der Waals surface area (Å²) in [5.74, 6) is -1.68. The van der Waals surface area contributed by atoms with Crippen LogP contribution in [0.5, 0.6) is 5.75 Å². The van der Waals surface area contributed by atoms with Crippen molar-refractivity contribution in [3.63, 3.8) is 0 Å². The number of esters is 1. The van der Waals surface area contributed by atoms with Gasteiger partial charge >= 0.3 is 5.97 Å². The zero-order chi connectivity index (χ0) is 18.4. The molecule has 2 rings (SSSR count). The van der Waals surface area contributed by atoms with E-state index < -0.39 is 30.4 Å². The smallest absolute Gasteiger partial charge is 0.347 e. The molecule has 0 aromatic heterocycles.